The molecular weight excluding hydrogens is 442 g/mol. The van der Waals surface area contributed by atoms with E-state index in [1.807, 2.05) is 12.1 Å². The van der Waals surface area contributed by atoms with Crippen LogP contribution in [0.2, 0.25) is 0 Å². The highest BCUT2D eigenvalue weighted by Crippen LogP contribution is 2.21. The zero-order valence-electron chi connectivity index (χ0n) is 15.7. The summed E-state index contributed by atoms with van der Waals surface area (Å²) >= 11 is 3.32. The molecular formula is C20H24BrN3O3S. The Hall–Kier alpha value is -1.74. The van der Waals surface area contributed by atoms with Gasteiger partial charge in [0.15, 0.2) is 0 Å². The van der Waals surface area contributed by atoms with Crippen LogP contribution in [0.1, 0.15) is 34.3 Å². The molecule has 0 unspecified atom stereocenters. The number of likely N-dealkylation sites (tertiary alicyclic amines) is 1. The molecule has 8 heteroatoms. The summed E-state index contributed by atoms with van der Waals surface area (Å²) in [4.78, 5) is 15.0. The van der Waals surface area contributed by atoms with Crippen LogP contribution in [0.25, 0.3) is 0 Å². The summed E-state index contributed by atoms with van der Waals surface area (Å²) in [6.07, 6.45) is 2.55. The molecule has 0 aliphatic carbocycles. The lowest BCUT2D eigenvalue weighted by Gasteiger charge is -2.15. The maximum absolute atomic E-state index is 12.5. The Morgan fingerprint density at radius 1 is 1.07 bits per heavy atom. The molecule has 0 saturated carbocycles. The second-order valence-electron chi connectivity index (χ2n) is 6.83. The van der Waals surface area contributed by atoms with Gasteiger partial charge in [-0.25, -0.2) is 13.1 Å². The van der Waals surface area contributed by atoms with Crippen molar-refractivity contribution in [3.8, 4) is 0 Å². The molecule has 0 bridgehead atoms. The van der Waals surface area contributed by atoms with Crippen molar-refractivity contribution in [1.29, 1.82) is 0 Å². The molecule has 2 aromatic carbocycles. The van der Waals surface area contributed by atoms with Crippen LogP contribution in [0.15, 0.2) is 51.8 Å². The maximum Gasteiger partial charge on any atom is 0.252 e. The molecule has 0 atom stereocenters. The Morgan fingerprint density at radius 2 is 1.71 bits per heavy atom. The zero-order valence-corrected chi connectivity index (χ0v) is 18.1. The van der Waals surface area contributed by atoms with Gasteiger partial charge in [-0.1, -0.05) is 24.3 Å². The van der Waals surface area contributed by atoms with Crippen molar-refractivity contribution in [1.82, 2.24) is 14.9 Å². The fraction of sp³-hybridized carbons (Fsp3) is 0.350. The van der Waals surface area contributed by atoms with Crippen LogP contribution in [-0.2, 0) is 23.1 Å². The lowest BCUT2D eigenvalue weighted by atomic mass is 10.1. The Morgan fingerprint density at radius 3 is 2.36 bits per heavy atom. The first kappa shape index (κ1) is 21.0. The van der Waals surface area contributed by atoms with Gasteiger partial charge in [0.2, 0.25) is 10.0 Å². The molecule has 1 heterocycles. The number of nitrogens with zero attached hydrogens (tertiary/aromatic N) is 1. The average molecular weight is 466 g/mol. The van der Waals surface area contributed by atoms with Gasteiger partial charge in [-0.05, 0) is 78.2 Å². The molecule has 0 aromatic heterocycles. The van der Waals surface area contributed by atoms with Crippen LogP contribution in [0.3, 0.4) is 0 Å². The standard InChI is InChI=1S/C20H24BrN3O3S/c1-22-28(26,27)17-8-9-19(21)18(12-17)20(25)23-13-15-4-6-16(7-5-15)14-24-10-2-3-11-24/h4-9,12,22H,2-3,10-11,13-14H2,1H3,(H,23,25). The van der Waals surface area contributed by atoms with Gasteiger partial charge < -0.3 is 5.32 Å². The molecule has 0 spiro atoms. The van der Waals surface area contributed by atoms with Gasteiger partial charge in [0, 0.05) is 17.6 Å². The smallest absolute Gasteiger partial charge is 0.252 e. The van der Waals surface area contributed by atoms with E-state index < -0.39 is 10.0 Å². The van der Waals surface area contributed by atoms with E-state index in [1.54, 1.807) is 6.07 Å². The van der Waals surface area contributed by atoms with E-state index in [0.717, 1.165) is 25.2 Å². The second-order valence-corrected chi connectivity index (χ2v) is 9.57. The van der Waals surface area contributed by atoms with Gasteiger partial charge in [-0.2, -0.15) is 0 Å². The van der Waals surface area contributed by atoms with Gasteiger partial charge in [-0.3, -0.25) is 9.69 Å². The number of sulfonamides is 1. The number of hydrogen-bond acceptors (Lipinski definition) is 4. The van der Waals surface area contributed by atoms with Crippen molar-refractivity contribution in [2.75, 3.05) is 20.1 Å². The normalized spacial score (nSPS) is 14.9. The SMILES string of the molecule is CNS(=O)(=O)c1ccc(Br)c(C(=O)NCc2ccc(CN3CCCC3)cc2)c1. The summed E-state index contributed by atoms with van der Waals surface area (Å²) in [5.41, 5.74) is 2.54. The van der Waals surface area contributed by atoms with Crippen molar-refractivity contribution in [2.24, 2.45) is 0 Å². The highest BCUT2D eigenvalue weighted by molar-refractivity contribution is 9.10. The summed E-state index contributed by atoms with van der Waals surface area (Å²) in [6.45, 7) is 3.66. The maximum atomic E-state index is 12.5. The predicted octanol–water partition coefficient (Wildman–Crippen LogP) is 2.88. The van der Waals surface area contributed by atoms with E-state index in [9.17, 15) is 13.2 Å². The lowest BCUT2D eigenvalue weighted by molar-refractivity contribution is 0.0950. The molecule has 3 rings (SSSR count). The minimum absolute atomic E-state index is 0.0506. The van der Waals surface area contributed by atoms with Gasteiger partial charge in [0.25, 0.3) is 5.91 Å². The molecule has 150 valence electrons. The highest BCUT2D eigenvalue weighted by Gasteiger charge is 2.17. The zero-order chi connectivity index (χ0) is 20.1. The summed E-state index contributed by atoms with van der Waals surface area (Å²) in [6, 6.07) is 12.6. The van der Waals surface area contributed by atoms with E-state index >= 15 is 0 Å². The van der Waals surface area contributed by atoms with Crippen LogP contribution in [-0.4, -0.2) is 39.4 Å². The Balaban J connectivity index is 1.63. The van der Waals surface area contributed by atoms with Crippen LogP contribution in [0, 0.1) is 0 Å². The number of nitrogens with one attached hydrogen (secondary N) is 2. The molecule has 1 aliphatic rings. The second kappa shape index (κ2) is 9.17. The Kier molecular flexibility index (Phi) is 6.87. The highest BCUT2D eigenvalue weighted by atomic mass is 79.9. The van der Waals surface area contributed by atoms with E-state index in [2.05, 4.69) is 43.0 Å². The number of hydrogen-bond donors (Lipinski definition) is 2. The third kappa shape index (κ3) is 5.20. The van der Waals surface area contributed by atoms with Gasteiger partial charge in [0.1, 0.15) is 0 Å². The third-order valence-electron chi connectivity index (χ3n) is 4.84. The van der Waals surface area contributed by atoms with Crippen molar-refractivity contribution < 1.29 is 13.2 Å². The van der Waals surface area contributed by atoms with E-state index in [4.69, 9.17) is 0 Å². The van der Waals surface area contributed by atoms with Crippen LogP contribution >= 0.6 is 15.9 Å². The fourth-order valence-electron chi connectivity index (χ4n) is 3.20. The first-order valence-corrected chi connectivity index (χ1v) is 11.5. The summed E-state index contributed by atoms with van der Waals surface area (Å²) in [7, 11) is -2.27. The molecule has 1 amide bonds. The number of halogens is 1. The van der Waals surface area contributed by atoms with Crippen LogP contribution in [0.4, 0.5) is 0 Å². The van der Waals surface area contributed by atoms with Crippen molar-refractivity contribution in [3.05, 3.63) is 63.6 Å². The molecule has 0 radical (unpaired) electrons. The average Bonchev–Trinajstić information content (AvgIpc) is 3.20. The van der Waals surface area contributed by atoms with Crippen molar-refractivity contribution in [2.45, 2.75) is 30.8 Å². The molecule has 6 nitrogen and oxygen atoms in total. The summed E-state index contributed by atoms with van der Waals surface area (Å²) < 4.78 is 26.7. The van der Waals surface area contributed by atoms with E-state index in [1.165, 1.54) is 37.6 Å². The first-order valence-electron chi connectivity index (χ1n) is 9.20. The summed E-state index contributed by atoms with van der Waals surface area (Å²) in [5.74, 6) is -0.332. The first-order chi connectivity index (χ1) is 13.4. The number of carbonyl (C=O) groups excluding carboxylic acids is 1. The van der Waals surface area contributed by atoms with Crippen molar-refractivity contribution >= 4 is 31.9 Å². The van der Waals surface area contributed by atoms with Crippen LogP contribution in [0.5, 0.6) is 0 Å². The van der Waals surface area contributed by atoms with Gasteiger partial charge in [-0.15, -0.1) is 0 Å². The summed E-state index contributed by atoms with van der Waals surface area (Å²) in [5, 5.41) is 2.85. The minimum Gasteiger partial charge on any atom is -0.348 e. The monoisotopic (exact) mass is 465 g/mol. The lowest BCUT2D eigenvalue weighted by Crippen LogP contribution is -2.24. The molecule has 2 aromatic rings. The van der Waals surface area contributed by atoms with E-state index in [0.29, 0.717) is 11.0 Å². The third-order valence-corrected chi connectivity index (χ3v) is 6.95. The number of rotatable bonds is 7. The topological polar surface area (TPSA) is 78.5 Å². The quantitative estimate of drug-likeness (QED) is 0.658. The molecule has 28 heavy (non-hydrogen) atoms. The Labute approximate surface area is 174 Å². The molecule has 1 aliphatic heterocycles. The van der Waals surface area contributed by atoms with Gasteiger partial charge in [0.05, 0.1) is 10.5 Å². The molecule has 2 N–H and O–H groups in total. The van der Waals surface area contributed by atoms with E-state index in [-0.39, 0.29) is 16.4 Å². The minimum atomic E-state index is -3.61. The predicted molar refractivity (Wildman–Crippen MR) is 113 cm³/mol. The Bertz CT molecular complexity index is 940. The molecule has 1 saturated heterocycles. The number of benzene rings is 2. The largest absolute Gasteiger partial charge is 0.348 e. The van der Waals surface area contributed by atoms with Crippen LogP contribution < -0.4 is 10.0 Å². The number of amides is 1. The van der Waals surface area contributed by atoms with Gasteiger partial charge >= 0.3 is 0 Å². The fourth-order valence-corrected chi connectivity index (χ4v) is 4.39. The molecule has 1 fully saturated rings. The van der Waals surface area contributed by atoms with Crippen molar-refractivity contribution in [3.63, 3.8) is 0 Å². The number of carbonyl (C=O) groups is 1.